The van der Waals surface area contributed by atoms with Crippen LogP contribution in [0.3, 0.4) is 0 Å². The number of carbonyl (C=O) groups excluding carboxylic acids is 1. The Bertz CT molecular complexity index is 441. The summed E-state index contributed by atoms with van der Waals surface area (Å²) in [6.45, 7) is 8.59. The van der Waals surface area contributed by atoms with Gasteiger partial charge in [0, 0.05) is 13.1 Å². The van der Waals surface area contributed by atoms with Crippen molar-refractivity contribution in [2.75, 3.05) is 31.9 Å². The molecule has 1 heterocycles. The molecule has 5 aliphatic rings. The summed E-state index contributed by atoms with van der Waals surface area (Å²) in [6.07, 6.45) is 10.2. The lowest BCUT2D eigenvalue weighted by Gasteiger charge is -2.57. The highest BCUT2D eigenvalue weighted by Crippen LogP contribution is 2.62. The number of likely N-dealkylation sites (N-methyl/N-ethyl adjacent to an activating group) is 1. The van der Waals surface area contributed by atoms with Gasteiger partial charge >= 0.3 is 0 Å². The molecule has 0 spiro atoms. The van der Waals surface area contributed by atoms with Crippen LogP contribution >= 0.6 is 11.8 Å². The Hall–Kier alpha value is -0.220. The summed E-state index contributed by atoms with van der Waals surface area (Å²) in [5.41, 5.74) is 0.588. The zero-order chi connectivity index (χ0) is 16.7. The van der Waals surface area contributed by atoms with Gasteiger partial charge in [0.15, 0.2) is 0 Å². The number of nitrogens with zero attached hydrogens (tertiary/aromatic N) is 2. The van der Waals surface area contributed by atoms with E-state index in [9.17, 15) is 4.79 Å². The number of carbonyl (C=O) groups is 1. The molecule has 1 atom stereocenters. The van der Waals surface area contributed by atoms with Gasteiger partial charge in [-0.2, -0.15) is 0 Å². The van der Waals surface area contributed by atoms with Crippen LogP contribution in [-0.4, -0.2) is 53.0 Å². The molecular weight excluding hydrogens is 316 g/mol. The standard InChI is InChI=1S/C20H34N2OS/c1-3-21(4-2)5-6-22-18(23)14-24-19(22)13-20-10-15-7-16(11-20)9-17(8-15)12-20/h15-17,19H,3-14H2,1-2H3. The highest BCUT2D eigenvalue weighted by molar-refractivity contribution is 8.00. The quantitative estimate of drug-likeness (QED) is 0.697. The number of thioether (sulfide) groups is 1. The molecule has 0 aromatic carbocycles. The van der Waals surface area contributed by atoms with E-state index in [1.54, 1.807) is 0 Å². The molecule has 1 unspecified atom stereocenters. The molecule has 136 valence electrons. The summed E-state index contributed by atoms with van der Waals surface area (Å²) in [7, 11) is 0. The Morgan fingerprint density at radius 1 is 1.08 bits per heavy atom. The molecule has 5 fully saturated rings. The van der Waals surface area contributed by atoms with Crippen LogP contribution < -0.4 is 0 Å². The second-order valence-corrected chi connectivity index (χ2v) is 10.2. The highest BCUT2D eigenvalue weighted by atomic mass is 32.2. The van der Waals surface area contributed by atoms with Crippen LogP contribution in [-0.2, 0) is 4.79 Å². The minimum absolute atomic E-state index is 0.391. The van der Waals surface area contributed by atoms with Crippen LogP contribution in [0.25, 0.3) is 0 Å². The van der Waals surface area contributed by atoms with E-state index in [4.69, 9.17) is 0 Å². The first-order valence-corrected chi connectivity index (χ1v) is 11.3. The molecule has 1 amide bonds. The van der Waals surface area contributed by atoms with Crippen molar-refractivity contribution in [2.45, 2.75) is 64.2 Å². The molecule has 24 heavy (non-hydrogen) atoms. The first kappa shape index (κ1) is 17.2. The van der Waals surface area contributed by atoms with E-state index in [0.29, 0.717) is 16.7 Å². The zero-order valence-electron chi connectivity index (χ0n) is 15.5. The third kappa shape index (κ3) is 3.25. The first-order valence-electron chi connectivity index (χ1n) is 10.2. The molecule has 4 aliphatic carbocycles. The molecule has 3 nitrogen and oxygen atoms in total. The monoisotopic (exact) mass is 350 g/mol. The number of rotatable bonds is 7. The Kier molecular flexibility index (Phi) is 4.90. The maximum absolute atomic E-state index is 12.4. The molecule has 1 saturated heterocycles. The maximum atomic E-state index is 12.4. The van der Waals surface area contributed by atoms with Gasteiger partial charge in [-0.05, 0) is 81.2 Å². The van der Waals surface area contributed by atoms with Crippen molar-refractivity contribution in [3.63, 3.8) is 0 Å². The molecule has 0 aromatic rings. The fourth-order valence-electron chi connectivity index (χ4n) is 6.64. The first-order chi connectivity index (χ1) is 11.6. The van der Waals surface area contributed by atoms with Crippen LogP contribution in [0.15, 0.2) is 0 Å². The predicted octanol–water partition coefficient (Wildman–Crippen LogP) is 3.84. The third-order valence-corrected chi connectivity index (χ3v) is 8.61. The van der Waals surface area contributed by atoms with Crippen molar-refractivity contribution >= 4 is 17.7 Å². The second-order valence-electron chi connectivity index (χ2n) is 9.00. The van der Waals surface area contributed by atoms with Crippen molar-refractivity contribution in [3.05, 3.63) is 0 Å². The smallest absolute Gasteiger partial charge is 0.233 e. The summed E-state index contributed by atoms with van der Waals surface area (Å²) in [5, 5.41) is 0.462. The second kappa shape index (κ2) is 6.83. The molecule has 0 aromatic heterocycles. The summed E-state index contributed by atoms with van der Waals surface area (Å²) in [6, 6.07) is 0. The van der Waals surface area contributed by atoms with E-state index in [1.807, 2.05) is 11.8 Å². The van der Waals surface area contributed by atoms with Crippen molar-refractivity contribution in [3.8, 4) is 0 Å². The lowest BCUT2D eigenvalue weighted by atomic mass is 9.49. The summed E-state index contributed by atoms with van der Waals surface area (Å²) < 4.78 is 0. The van der Waals surface area contributed by atoms with Gasteiger partial charge < -0.3 is 9.80 Å². The molecular formula is C20H34N2OS. The molecule has 5 rings (SSSR count). The SMILES string of the molecule is CCN(CC)CCN1C(=O)CSC1CC12CC3CC(CC(C3)C1)C2. The molecule has 4 saturated carbocycles. The molecule has 1 aliphatic heterocycles. The van der Waals surface area contributed by atoms with Crippen LogP contribution in [0.2, 0.25) is 0 Å². The van der Waals surface area contributed by atoms with Gasteiger partial charge in [-0.15, -0.1) is 11.8 Å². The van der Waals surface area contributed by atoms with Gasteiger partial charge in [0.25, 0.3) is 0 Å². The fourth-order valence-corrected chi connectivity index (χ4v) is 8.01. The molecule has 4 bridgehead atoms. The Morgan fingerprint density at radius 3 is 2.21 bits per heavy atom. The minimum Gasteiger partial charge on any atom is -0.329 e. The average Bonchev–Trinajstić information content (AvgIpc) is 2.87. The lowest BCUT2D eigenvalue weighted by molar-refractivity contribution is -0.129. The van der Waals surface area contributed by atoms with Gasteiger partial charge in [-0.1, -0.05) is 13.8 Å². The van der Waals surface area contributed by atoms with E-state index in [-0.39, 0.29) is 0 Å². The van der Waals surface area contributed by atoms with E-state index in [2.05, 4.69) is 23.6 Å². The van der Waals surface area contributed by atoms with Gasteiger partial charge in [-0.3, -0.25) is 4.79 Å². The number of hydrogen-bond acceptors (Lipinski definition) is 3. The lowest BCUT2D eigenvalue weighted by Crippen LogP contribution is -2.49. The summed E-state index contributed by atoms with van der Waals surface area (Å²) >= 11 is 1.93. The largest absolute Gasteiger partial charge is 0.329 e. The Labute approximate surface area is 151 Å². The highest BCUT2D eigenvalue weighted by Gasteiger charge is 2.52. The summed E-state index contributed by atoms with van der Waals surface area (Å²) in [4.78, 5) is 17.1. The average molecular weight is 351 g/mol. The van der Waals surface area contributed by atoms with Crippen LogP contribution in [0, 0.1) is 23.2 Å². The van der Waals surface area contributed by atoms with Gasteiger partial charge in [-0.25, -0.2) is 0 Å². The fraction of sp³-hybridized carbons (Fsp3) is 0.950. The minimum atomic E-state index is 0.391. The third-order valence-electron chi connectivity index (χ3n) is 7.39. The van der Waals surface area contributed by atoms with Crippen LogP contribution in [0.5, 0.6) is 0 Å². The van der Waals surface area contributed by atoms with Crippen molar-refractivity contribution in [1.29, 1.82) is 0 Å². The molecule has 0 N–H and O–H groups in total. The van der Waals surface area contributed by atoms with Crippen molar-refractivity contribution < 1.29 is 4.79 Å². The predicted molar refractivity (Wildman–Crippen MR) is 101 cm³/mol. The van der Waals surface area contributed by atoms with E-state index >= 15 is 0 Å². The van der Waals surface area contributed by atoms with E-state index in [1.165, 1.54) is 44.9 Å². The topological polar surface area (TPSA) is 23.6 Å². The van der Waals surface area contributed by atoms with Gasteiger partial charge in [0.1, 0.15) is 0 Å². The van der Waals surface area contributed by atoms with Crippen molar-refractivity contribution in [1.82, 2.24) is 9.80 Å². The Morgan fingerprint density at radius 2 is 1.67 bits per heavy atom. The van der Waals surface area contributed by atoms with Crippen molar-refractivity contribution in [2.24, 2.45) is 23.2 Å². The number of hydrogen-bond donors (Lipinski definition) is 0. The normalized spacial score (nSPS) is 41.0. The van der Waals surface area contributed by atoms with Crippen LogP contribution in [0.4, 0.5) is 0 Å². The summed E-state index contributed by atoms with van der Waals surface area (Å²) in [5.74, 6) is 4.16. The van der Waals surface area contributed by atoms with Crippen LogP contribution in [0.1, 0.15) is 58.8 Å². The number of amides is 1. The van der Waals surface area contributed by atoms with E-state index < -0.39 is 0 Å². The Balaban J connectivity index is 1.40. The molecule has 4 heteroatoms. The van der Waals surface area contributed by atoms with E-state index in [0.717, 1.165) is 49.7 Å². The van der Waals surface area contributed by atoms with Gasteiger partial charge in [0.2, 0.25) is 5.91 Å². The zero-order valence-corrected chi connectivity index (χ0v) is 16.3. The molecule has 0 radical (unpaired) electrons. The maximum Gasteiger partial charge on any atom is 0.233 e. The van der Waals surface area contributed by atoms with Gasteiger partial charge in [0.05, 0.1) is 11.1 Å².